The van der Waals surface area contributed by atoms with Crippen molar-refractivity contribution in [3.05, 3.63) is 40.8 Å². The number of thiazole rings is 1. The summed E-state index contributed by atoms with van der Waals surface area (Å²) in [5.41, 5.74) is 1.25. The highest BCUT2D eigenvalue weighted by molar-refractivity contribution is 7.15. The second kappa shape index (κ2) is 5.38. The lowest BCUT2D eigenvalue weighted by Gasteiger charge is -2.09. The summed E-state index contributed by atoms with van der Waals surface area (Å²) < 4.78 is 51.3. The summed E-state index contributed by atoms with van der Waals surface area (Å²) in [5.74, 6) is -0.470. The number of benzene rings is 1. The molecule has 0 amide bonds. The van der Waals surface area contributed by atoms with Crippen LogP contribution in [0.4, 0.5) is 17.6 Å². The summed E-state index contributed by atoms with van der Waals surface area (Å²) in [5, 5.41) is 2.37. The van der Waals surface area contributed by atoms with Gasteiger partial charge in [-0.1, -0.05) is 6.07 Å². The molecule has 112 valence electrons. The van der Waals surface area contributed by atoms with Gasteiger partial charge in [-0.25, -0.2) is 9.37 Å². The van der Waals surface area contributed by atoms with Crippen LogP contribution in [0.2, 0.25) is 0 Å². The minimum absolute atomic E-state index is 0.328. The van der Waals surface area contributed by atoms with Crippen molar-refractivity contribution in [3.63, 3.8) is 0 Å². The third-order valence-corrected chi connectivity index (χ3v) is 4.32. The van der Waals surface area contributed by atoms with Gasteiger partial charge in [0.15, 0.2) is 5.01 Å². The Balaban J connectivity index is 1.91. The van der Waals surface area contributed by atoms with Gasteiger partial charge in [0, 0.05) is 24.3 Å². The Morgan fingerprint density at radius 2 is 2.05 bits per heavy atom. The highest BCUT2D eigenvalue weighted by Gasteiger charge is 2.34. The van der Waals surface area contributed by atoms with E-state index >= 15 is 0 Å². The first-order valence-corrected chi connectivity index (χ1v) is 7.30. The van der Waals surface area contributed by atoms with Gasteiger partial charge in [0.25, 0.3) is 0 Å². The average molecular weight is 316 g/mol. The second-order valence-corrected chi connectivity index (χ2v) is 6.01. The molecule has 0 radical (unpaired) electrons. The predicted octanol–water partition coefficient (Wildman–Crippen LogP) is 4.22. The van der Waals surface area contributed by atoms with E-state index in [-0.39, 0.29) is 0 Å². The zero-order chi connectivity index (χ0) is 15.0. The van der Waals surface area contributed by atoms with Crippen molar-refractivity contribution in [3.8, 4) is 10.4 Å². The van der Waals surface area contributed by atoms with Crippen LogP contribution in [0.15, 0.2) is 24.4 Å². The first-order valence-electron chi connectivity index (χ1n) is 6.48. The van der Waals surface area contributed by atoms with Crippen LogP contribution in [0.3, 0.4) is 0 Å². The summed E-state index contributed by atoms with van der Waals surface area (Å²) in [7, 11) is 0. The molecule has 1 N–H and O–H groups in total. The van der Waals surface area contributed by atoms with Crippen LogP contribution in [0, 0.1) is 5.82 Å². The Labute approximate surface area is 122 Å². The molecule has 1 aromatic heterocycles. The van der Waals surface area contributed by atoms with Gasteiger partial charge in [0.1, 0.15) is 5.82 Å². The molecule has 0 saturated heterocycles. The minimum atomic E-state index is -4.47. The largest absolute Gasteiger partial charge is 0.443 e. The van der Waals surface area contributed by atoms with Gasteiger partial charge < -0.3 is 5.32 Å². The summed E-state index contributed by atoms with van der Waals surface area (Å²) in [6, 6.07) is 4.65. The van der Waals surface area contributed by atoms with E-state index in [0.717, 1.165) is 24.6 Å². The molecule has 0 spiro atoms. The van der Waals surface area contributed by atoms with E-state index in [4.69, 9.17) is 0 Å². The molecule has 0 aliphatic heterocycles. The topological polar surface area (TPSA) is 24.9 Å². The molecule has 3 rings (SSSR count). The zero-order valence-electron chi connectivity index (χ0n) is 10.9. The number of halogens is 4. The quantitative estimate of drug-likeness (QED) is 0.854. The van der Waals surface area contributed by atoms with Crippen molar-refractivity contribution in [1.82, 2.24) is 10.3 Å². The molecule has 0 atom stereocenters. The molecule has 1 saturated carbocycles. The number of nitrogens with zero attached hydrogens (tertiary/aromatic N) is 1. The van der Waals surface area contributed by atoms with E-state index in [0.29, 0.717) is 34.4 Å². The van der Waals surface area contributed by atoms with Crippen molar-refractivity contribution in [1.29, 1.82) is 0 Å². The molecule has 7 heteroatoms. The van der Waals surface area contributed by atoms with Crippen molar-refractivity contribution < 1.29 is 17.6 Å². The van der Waals surface area contributed by atoms with Crippen LogP contribution in [0.5, 0.6) is 0 Å². The maximum atomic E-state index is 13.4. The number of hydrogen-bond acceptors (Lipinski definition) is 3. The second-order valence-electron chi connectivity index (χ2n) is 4.98. The molecule has 1 fully saturated rings. The number of aromatic nitrogens is 1. The normalized spacial score (nSPS) is 15.4. The van der Waals surface area contributed by atoms with Crippen LogP contribution >= 0.6 is 11.3 Å². The molecule has 21 heavy (non-hydrogen) atoms. The van der Waals surface area contributed by atoms with Crippen LogP contribution in [-0.2, 0) is 12.7 Å². The van der Waals surface area contributed by atoms with Crippen molar-refractivity contribution in [2.24, 2.45) is 0 Å². The Kier molecular flexibility index (Phi) is 3.71. The molecule has 0 bridgehead atoms. The summed E-state index contributed by atoms with van der Waals surface area (Å²) in [4.78, 5) is 3.72. The van der Waals surface area contributed by atoms with E-state index in [1.54, 1.807) is 6.07 Å². The van der Waals surface area contributed by atoms with E-state index in [2.05, 4.69) is 10.3 Å². The number of nitrogens with one attached hydrogen (secondary N) is 1. The first-order chi connectivity index (χ1) is 9.93. The molecule has 2 nitrogen and oxygen atoms in total. The van der Waals surface area contributed by atoms with Crippen LogP contribution in [0.1, 0.15) is 23.4 Å². The van der Waals surface area contributed by atoms with Crippen LogP contribution < -0.4 is 5.32 Å². The Hall–Kier alpha value is -1.47. The van der Waals surface area contributed by atoms with E-state index in [1.165, 1.54) is 12.1 Å². The van der Waals surface area contributed by atoms with Crippen LogP contribution in [-0.4, -0.2) is 11.0 Å². The lowest BCUT2D eigenvalue weighted by Crippen LogP contribution is -2.15. The summed E-state index contributed by atoms with van der Waals surface area (Å²) in [6.45, 7) is 0.513. The summed E-state index contributed by atoms with van der Waals surface area (Å²) in [6.07, 6.45) is -1.10. The van der Waals surface area contributed by atoms with Gasteiger partial charge in [0.05, 0.1) is 4.88 Å². The molecule has 2 aromatic rings. The smallest absolute Gasteiger partial charge is 0.310 e. The van der Waals surface area contributed by atoms with E-state index < -0.39 is 17.0 Å². The Morgan fingerprint density at radius 1 is 1.29 bits per heavy atom. The van der Waals surface area contributed by atoms with Gasteiger partial charge in [-0.15, -0.1) is 11.3 Å². The predicted molar refractivity (Wildman–Crippen MR) is 72.4 cm³/mol. The lowest BCUT2D eigenvalue weighted by atomic mass is 10.1. The van der Waals surface area contributed by atoms with Crippen molar-refractivity contribution in [2.75, 3.05) is 0 Å². The average Bonchev–Trinajstić information content (AvgIpc) is 3.10. The fourth-order valence-electron chi connectivity index (χ4n) is 2.00. The van der Waals surface area contributed by atoms with E-state index in [9.17, 15) is 17.6 Å². The van der Waals surface area contributed by atoms with Gasteiger partial charge >= 0.3 is 6.18 Å². The molecule has 1 aromatic carbocycles. The minimum Gasteiger partial charge on any atom is -0.310 e. The maximum Gasteiger partial charge on any atom is 0.443 e. The third kappa shape index (κ3) is 3.41. The number of alkyl halides is 3. The molecule has 1 aliphatic rings. The summed E-state index contributed by atoms with van der Waals surface area (Å²) >= 11 is 0.535. The fraction of sp³-hybridized carbons (Fsp3) is 0.357. The molecule has 1 aliphatic carbocycles. The van der Waals surface area contributed by atoms with Crippen molar-refractivity contribution >= 4 is 11.3 Å². The van der Waals surface area contributed by atoms with E-state index in [1.807, 2.05) is 0 Å². The SMILES string of the molecule is Fc1ccc(CNC2CC2)c(-c2cnc(C(F)(F)F)s2)c1. The van der Waals surface area contributed by atoms with Crippen molar-refractivity contribution in [2.45, 2.75) is 31.6 Å². The third-order valence-electron chi connectivity index (χ3n) is 3.24. The van der Waals surface area contributed by atoms with Gasteiger partial charge in [-0.05, 0) is 30.5 Å². The molecular formula is C14H12F4N2S. The number of hydrogen-bond donors (Lipinski definition) is 1. The maximum absolute atomic E-state index is 13.4. The lowest BCUT2D eigenvalue weighted by molar-refractivity contribution is -0.137. The highest BCUT2D eigenvalue weighted by atomic mass is 32.1. The Bertz CT molecular complexity index is 647. The van der Waals surface area contributed by atoms with Gasteiger partial charge in [0.2, 0.25) is 0 Å². The molecule has 0 unspecified atom stereocenters. The van der Waals surface area contributed by atoms with Gasteiger partial charge in [-0.2, -0.15) is 13.2 Å². The first kappa shape index (κ1) is 14.5. The molecule has 1 heterocycles. The number of rotatable bonds is 4. The van der Waals surface area contributed by atoms with Gasteiger partial charge in [-0.3, -0.25) is 0 Å². The fourth-order valence-corrected chi connectivity index (χ4v) is 2.84. The zero-order valence-corrected chi connectivity index (χ0v) is 11.7. The monoisotopic (exact) mass is 316 g/mol. The van der Waals surface area contributed by atoms with Crippen LogP contribution in [0.25, 0.3) is 10.4 Å². The standard InChI is InChI=1S/C14H12F4N2S/c15-9-2-1-8(6-19-10-3-4-10)11(5-9)12-7-20-13(21-12)14(16,17)18/h1-2,5,7,10,19H,3-4,6H2. The highest BCUT2D eigenvalue weighted by Crippen LogP contribution is 2.37. The molecular weight excluding hydrogens is 304 g/mol. The Morgan fingerprint density at radius 3 is 2.67 bits per heavy atom.